The number of rotatable bonds is 6. The van der Waals surface area contributed by atoms with Gasteiger partial charge in [-0.25, -0.2) is 4.72 Å². The van der Waals surface area contributed by atoms with E-state index in [0.717, 1.165) is 16.3 Å². The van der Waals surface area contributed by atoms with E-state index in [2.05, 4.69) is 13.8 Å². The number of amides is 1. The average molecular weight is 324 g/mol. The molecular formula is C15H20N2O4S. The van der Waals surface area contributed by atoms with Crippen LogP contribution in [0.2, 0.25) is 0 Å². The van der Waals surface area contributed by atoms with Crippen LogP contribution in [0, 0.1) is 5.92 Å². The molecule has 1 amide bonds. The van der Waals surface area contributed by atoms with E-state index in [1.807, 2.05) is 4.72 Å². The Bertz CT molecular complexity index is 665. The number of nitrogens with zero attached hydrogens (tertiary/aromatic N) is 1. The Morgan fingerprint density at radius 3 is 2.41 bits per heavy atom. The normalized spacial score (nSPS) is 17.7. The lowest BCUT2D eigenvalue weighted by atomic mass is 10.0. The van der Waals surface area contributed by atoms with Crippen molar-refractivity contribution in [3.05, 3.63) is 35.4 Å². The van der Waals surface area contributed by atoms with Crippen LogP contribution >= 0.6 is 0 Å². The predicted octanol–water partition coefficient (Wildman–Crippen LogP) is 1.48. The van der Waals surface area contributed by atoms with Crippen LogP contribution in [0.1, 0.15) is 42.6 Å². The largest absolute Gasteiger partial charge is 0.304 e. The maximum absolute atomic E-state index is 12.0. The van der Waals surface area contributed by atoms with Crippen LogP contribution in [0.15, 0.2) is 24.3 Å². The van der Waals surface area contributed by atoms with Crippen LogP contribution in [0.3, 0.4) is 0 Å². The van der Waals surface area contributed by atoms with Gasteiger partial charge >= 0.3 is 10.2 Å². The van der Waals surface area contributed by atoms with E-state index in [-0.39, 0.29) is 18.9 Å². The number of ketones is 1. The average Bonchev–Trinajstić information content (AvgIpc) is 2.69. The summed E-state index contributed by atoms with van der Waals surface area (Å²) >= 11 is 0. The third-order valence-electron chi connectivity index (χ3n) is 3.49. The SMILES string of the molecule is CC(C)CCC(=O)c1ccc(CN2CC(=O)NS2(=O)=O)cc1. The van der Waals surface area contributed by atoms with Gasteiger partial charge < -0.3 is 0 Å². The second kappa shape index (κ2) is 6.58. The first-order chi connectivity index (χ1) is 10.3. The highest BCUT2D eigenvalue weighted by molar-refractivity contribution is 7.88. The topological polar surface area (TPSA) is 83.6 Å². The fourth-order valence-electron chi connectivity index (χ4n) is 2.19. The summed E-state index contributed by atoms with van der Waals surface area (Å²) in [6.45, 7) is 4.09. The number of carbonyl (C=O) groups is 2. The molecule has 0 unspecified atom stereocenters. The Labute approximate surface area is 130 Å². The van der Waals surface area contributed by atoms with Gasteiger partial charge in [0, 0.05) is 18.5 Å². The molecule has 7 heteroatoms. The molecule has 1 saturated heterocycles. The molecule has 0 aromatic heterocycles. The lowest BCUT2D eigenvalue weighted by Crippen LogP contribution is -2.29. The van der Waals surface area contributed by atoms with Gasteiger partial charge in [0.25, 0.3) is 0 Å². The molecule has 2 rings (SSSR count). The quantitative estimate of drug-likeness (QED) is 0.804. The lowest BCUT2D eigenvalue weighted by Gasteiger charge is -2.12. The van der Waals surface area contributed by atoms with Gasteiger partial charge in [-0.15, -0.1) is 0 Å². The number of benzene rings is 1. The van der Waals surface area contributed by atoms with Crippen molar-refractivity contribution in [3.8, 4) is 0 Å². The first-order valence-electron chi connectivity index (χ1n) is 7.21. The molecule has 6 nitrogen and oxygen atoms in total. The van der Waals surface area contributed by atoms with Crippen molar-refractivity contribution < 1.29 is 18.0 Å². The molecule has 0 aliphatic carbocycles. The number of nitrogens with one attached hydrogen (secondary N) is 1. The van der Waals surface area contributed by atoms with E-state index in [0.29, 0.717) is 17.9 Å². The summed E-state index contributed by atoms with van der Waals surface area (Å²) in [5.74, 6) is 0.0417. The first kappa shape index (κ1) is 16.6. The molecule has 1 aliphatic rings. The van der Waals surface area contributed by atoms with E-state index >= 15 is 0 Å². The van der Waals surface area contributed by atoms with Crippen molar-refractivity contribution in [1.29, 1.82) is 0 Å². The molecule has 0 radical (unpaired) electrons. The molecule has 0 saturated carbocycles. The minimum absolute atomic E-state index is 0.0888. The summed E-state index contributed by atoms with van der Waals surface area (Å²) in [6, 6.07) is 6.85. The molecule has 1 fully saturated rings. The molecule has 0 atom stereocenters. The summed E-state index contributed by atoms with van der Waals surface area (Å²) in [6.07, 6.45) is 1.36. The van der Waals surface area contributed by atoms with Crippen molar-refractivity contribution in [1.82, 2.24) is 9.03 Å². The van der Waals surface area contributed by atoms with E-state index in [1.165, 1.54) is 0 Å². The molecular weight excluding hydrogens is 304 g/mol. The predicted molar refractivity (Wildman–Crippen MR) is 82.3 cm³/mol. The summed E-state index contributed by atoms with van der Waals surface area (Å²) in [7, 11) is -3.71. The van der Waals surface area contributed by atoms with Gasteiger partial charge in [-0.1, -0.05) is 38.1 Å². The Kier molecular flexibility index (Phi) is 4.97. The van der Waals surface area contributed by atoms with Gasteiger partial charge in [0.1, 0.15) is 0 Å². The van der Waals surface area contributed by atoms with Crippen LogP contribution in [-0.4, -0.2) is 31.0 Å². The number of carbonyl (C=O) groups excluding carboxylic acids is 2. The van der Waals surface area contributed by atoms with E-state index in [1.54, 1.807) is 24.3 Å². The standard InChI is InChI=1S/C15H20N2O4S/c1-11(2)3-8-14(18)13-6-4-12(5-7-13)9-17-10-15(19)16-22(17,20)21/h4-7,11H,3,8-10H2,1-2H3,(H,16,19). The molecule has 0 spiro atoms. The second-order valence-corrected chi connectivity index (χ2v) is 7.52. The fraction of sp³-hybridized carbons (Fsp3) is 0.467. The van der Waals surface area contributed by atoms with E-state index in [4.69, 9.17) is 0 Å². The smallest absolute Gasteiger partial charge is 0.294 e. The van der Waals surface area contributed by atoms with Gasteiger partial charge in [0.05, 0.1) is 6.54 Å². The minimum atomic E-state index is -3.71. The zero-order chi connectivity index (χ0) is 16.3. The maximum atomic E-state index is 12.0. The molecule has 1 aliphatic heterocycles. The van der Waals surface area contributed by atoms with Crippen molar-refractivity contribution in [2.24, 2.45) is 5.92 Å². The van der Waals surface area contributed by atoms with Crippen molar-refractivity contribution in [2.45, 2.75) is 33.2 Å². The van der Waals surface area contributed by atoms with Crippen molar-refractivity contribution >= 4 is 21.9 Å². The third-order valence-corrected chi connectivity index (χ3v) is 4.91. The molecule has 0 bridgehead atoms. The summed E-state index contributed by atoms with van der Waals surface area (Å²) in [4.78, 5) is 23.1. The van der Waals surface area contributed by atoms with Gasteiger partial charge in [-0.3, -0.25) is 9.59 Å². The second-order valence-electron chi connectivity index (χ2n) is 5.85. The van der Waals surface area contributed by atoms with E-state index in [9.17, 15) is 18.0 Å². The molecule has 1 heterocycles. The number of hydrogen-bond donors (Lipinski definition) is 1. The zero-order valence-corrected chi connectivity index (χ0v) is 13.5. The highest BCUT2D eigenvalue weighted by Gasteiger charge is 2.33. The summed E-state index contributed by atoms with van der Waals surface area (Å²) < 4.78 is 26.3. The fourth-order valence-corrected chi connectivity index (χ4v) is 3.28. The molecule has 1 aromatic carbocycles. The summed E-state index contributed by atoms with van der Waals surface area (Å²) in [5, 5.41) is 0. The van der Waals surface area contributed by atoms with Crippen LogP contribution < -0.4 is 4.72 Å². The van der Waals surface area contributed by atoms with Gasteiger partial charge in [-0.05, 0) is 17.9 Å². The molecule has 120 valence electrons. The van der Waals surface area contributed by atoms with Crippen LogP contribution in [-0.2, 0) is 21.5 Å². The highest BCUT2D eigenvalue weighted by atomic mass is 32.2. The Hall–Kier alpha value is -1.73. The Balaban J connectivity index is 2.00. The summed E-state index contributed by atoms with van der Waals surface area (Å²) in [5.41, 5.74) is 1.36. The van der Waals surface area contributed by atoms with Gasteiger partial charge in [0.15, 0.2) is 5.78 Å². The number of Topliss-reactive ketones (excluding diaryl/α,β-unsaturated/α-hetero) is 1. The lowest BCUT2D eigenvalue weighted by molar-refractivity contribution is -0.118. The van der Waals surface area contributed by atoms with Gasteiger partial charge in [0.2, 0.25) is 5.91 Å². The Morgan fingerprint density at radius 1 is 1.27 bits per heavy atom. The Morgan fingerprint density at radius 2 is 1.91 bits per heavy atom. The molecule has 1 aromatic rings. The van der Waals surface area contributed by atoms with Crippen LogP contribution in [0.4, 0.5) is 0 Å². The number of hydrogen-bond acceptors (Lipinski definition) is 4. The monoisotopic (exact) mass is 324 g/mol. The van der Waals surface area contributed by atoms with Crippen molar-refractivity contribution in [2.75, 3.05) is 6.54 Å². The third kappa shape index (κ3) is 4.14. The first-order valence-corrected chi connectivity index (χ1v) is 8.65. The zero-order valence-electron chi connectivity index (χ0n) is 12.7. The van der Waals surface area contributed by atoms with Gasteiger partial charge in [-0.2, -0.15) is 12.7 Å². The van der Waals surface area contributed by atoms with Crippen molar-refractivity contribution in [3.63, 3.8) is 0 Å². The minimum Gasteiger partial charge on any atom is -0.294 e. The van der Waals surface area contributed by atoms with E-state index < -0.39 is 16.1 Å². The maximum Gasteiger partial charge on any atom is 0.304 e. The van der Waals surface area contributed by atoms with Crippen LogP contribution in [0.5, 0.6) is 0 Å². The highest BCUT2D eigenvalue weighted by Crippen LogP contribution is 2.15. The molecule has 22 heavy (non-hydrogen) atoms. The molecule has 1 N–H and O–H groups in total. The van der Waals surface area contributed by atoms with Crippen LogP contribution in [0.25, 0.3) is 0 Å².